The van der Waals surface area contributed by atoms with Crippen LogP contribution in [0.2, 0.25) is 0 Å². The second kappa shape index (κ2) is 6.15. The van der Waals surface area contributed by atoms with Gasteiger partial charge in [-0.05, 0) is 18.6 Å². The average Bonchev–Trinajstić information content (AvgIpc) is 2.34. The van der Waals surface area contributed by atoms with E-state index in [0.29, 0.717) is 11.1 Å². The van der Waals surface area contributed by atoms with Gasteiger partial charge in [0.05, 0.1) is 11.6 Å². The van der Waals surface area contributed by atoms with E-state index >= 15 is 0 Å². The minimum Gasteiger partial charge on any atom is -0.388 e. The first-order chi connectivity index (χ1) is 8.47. The van der Waals surface area contributed by atoms with Crippen LogP contribution >= 0.6 is 0 Å². The van der Waals surface area contributed by atoms with Crippen molar-refractivity contribution in [3.8, 4) is 6.07 Å². The fraction of sp³-hybridized carbons (Fsp3) is 0.385. The first-order valence-corrected chi connectivity index (χ1v) is 5.57. The Morgan fingerprint density at radius 3 is 2.72 bits per heavy atom. The minimum absolute atomic E-state index is 0.0598. The van der Waals surface area contributed by atoms with Crippen LogP contribution in [0.5, 0.6) is 0 Å². The van der Waals surface area contributed by atoms with Crippen molar-refractivity contribution in [3.63, 3.8) is 0 Å². The highest BCUT2D eigenvalue weighted by Crippen LogP contribution is 2.24. The van der Waals surface area contributed by atoms with Gasteiger partial charge in [-0.1, -0.05) is 12.1 Å². The van der Waals surface area contributed by atoms with E-state index in [1.807, 2.05) is 6.07 Å². The Kier molecular flexibility index (Phi) is 4.84. The smallest absolute Gasteiger partial charge is 0.216 e. The zero-order valence-corrected chi connectivity index (χ0v) is 10.3. The molecule has 1 rings (SSSR count). The number of hydrogen-bond acceptors (Lipinski definition) is 4. The fourth-order valence-corrected chi connectivity index (χ4v) is 1.72. The Labute approximate surface area is 106 Å². The number of amides is 1. The number of nitrogens with zero attached hydrogens (tertiary/aromatic N) is 1. The molecule has 0 bridgehead atoms. The van der Waals surface area contributed by atoms with Crippen LogP contribution in [0.4, 0.5) is 0 Å². The molecule has 1 aromatic carbocycles. The van der Waals surface area contributed by atoms with E-state index in [2.05, 4.69) is 5.32 Å². The number of carbonyl (C=O) groups excluding carboxylic acids is 1. The zero-order valence-electron chi connectivity index (χ0n) is 10.3. The molecular formula is C13H16N2O3. The number of aliphatic hydroxyl groups is 2. The highest BCUT2D eigenvalue weighted by atomic mass is 16.3. The molecule has 0 saturated carbocycles. The number of hydrogen-bond donors (Lipinski definition) is 3. The zero-order chi connectivity index (χ0) is 13.7. The quantitative estimate of drug-likeness (QED) is 0.719. The molecule has 0 aliphatic rings. The summed E-state index contributed by atoms with van der Waals surface area (Å²) in [5, 5.41) is 31.2. The monoisotopic (exact) mass is 248 g/mol. The molecule has 0 fully saturated rings. The van der Waals surface area contributed by atoms with E-state index < -0.39 is 12.2 Å². The summed E-state index contributed by atoms with van der Waals surface area (Å²) in [4.78, 5) is 10.7. The van der Waals surface area contributed by atoms with Crippen LogP contribution in [0, 0.1) is 18.3 Å². The van der Waals surface area contributed by atoms with E-state index in [0.717, 1.165) is 5.56 Å². The Morgan fingerprint density at radius 1 is 1.50 bits per heavy atom. The van der Waals surface area contributed by atoms with Crippen molar-refractivity contribution >= 4 is 5.91 Å². The van der Waals surface area contributed by atoms with E-state index in [1.54, 1.807) is 25.1 Å². The summed E-state index contributed by atoms with van der Waals surface area (Å²) in [5.74, 6) is -0.286. The van der Waals surface area contributed by atoms with Gasteiger partial charge in [0.15, 0.2) is 0 Å². The SMILES string of the molecule is CC(=O)NCC(O)C(O)c1c(C)cccc1C#N. The molecular weight excluding hydrogens is 232 g/mol. The molecule has 0 spiro atoms. The molecule has 0 heterocycles. The predicted octanol–water partition coefficient (Wildman–Crippen LogP) is 0.397. The summed E-state index contributed by atoms with van der Waals surface area (Å²) in [7, 11) is 0. The summed E-state index contributed by atoms with van der Waals surface area (Å²) in [5.41, 5.74) is 1.45. The van der Waals surface area contributed by atoms with Gasteiger partial charge in [0.2, 0.25) is 5.91 Å². The van der Waals surface area contributed by atoms with Gasteiger partial charge < -0.3 is 15.5 Å². The molecule has 18 heavy (non-hydrogen) atoms. The molecule has 2 atom stereocenters. The first-order valence-electron chi connectivity index (χ1n) is 5.57. The van der Waals surface area contributed by atoms with Gasteiger partial charge in [0.25, 0.3) is 0 Å². The average molecular weight is 248 g/mol. The van der Waals surface area contributed by atoms with Crippen LogP contribution in [0.1, 0.15) is 29.7 Å². The van der Waals surface area contributed by atoms with E-state index in [-0.39, 0.29) is 12.5 Å². The third-order valence-electron chi connectivity index (χ3n) is 2.66. The number of aryl methyl sites for hydroxylation is 1. The van der Waals surface area contributed by atoms with Crippen molar-refractivity contribution in [2.24, 2.45) is 0 Å². The molecule has 0 radical (unpaired) electrons. The Bertz CT molecular complexity index is 480. The largest absolute Gasteiger partial charge is 0.388 e. The van der Waals surface area contributed by atoms with Crippen molar-refractivity contribution in [1.29, 1.82) is 5.26 Å². The lowest BCUT2D eigenvalue weighted by Gasteiger charge is -2.21. The lowest BCUT2D eigenvalue weighted by Crippen LogP contribution is -2.34. The molecule has 1 amide bonds. The van der Waals surface area contributed by atoms with Crippen molar-refractivity contribution in [2.75, 3.05) is 6.54 Å². The molecule has 2 unspecified atom stereocenters. The van der Waals surface area contributed by atoms with Gasteiger partial charge in [-0.3, -0.25) is 4.79 Å². The molecule has 1 aromatic rings. The number of rotatable bonds is 4. The summed E-state index contributed by atoms with van der Waals surface area (Å²) < 4.78 is 0. The summed E-state index contributed by atoms with van der Waals surface area (Å²) >= 11 is 0. The standard InChI is InChI=1S/C13H16N2O3/c1-8-4-3-5-10(6-14)12(8)13(18)11(17)7-15-9(2)16/h3-5,11,13,17-18H,7H2,1-2H3,(H,15,16). The van der Waals surface area contributed by atoms with Crippen LogP contribution in [0.15, 0.2) is 18.2 Å². The van der Waals surface area contributed by atoms with E-state index in [9.17, 15) is 15.0 Å². The third kappa shape index (κ3) is 3.29. The normalized spacial score (nSPS) is 13.5. The molecule has 0 aliphatic carbocycles. The van der Waals surface area contributed by atoms with Gasteiger partial charge in [-0.2, -0.15) is 5.26 Å². The molecule has 3 N–H and O–H groups in total. The van der Waals surface area contributed by atoms with Crippen molar-refractivity contribution in [2.45, 2.75) is 26.1 Å². The fourth-order valence-electron chi connectivity index (χ4n) is 1.72. The van der Waals surface area contributed by atoms with Crippen LogP contribution in [0.3, 0.4) is 0 Å². The van der Waals surface area contributed by atoms with Crippen LogP contribution in [-0.2, 0) is 4.79 Å². The lowest BCUT2D eigenvalue weighted by atomic mass is 9.94. The molecule has 96 valence electrons. The number of aliphatic hydroxyl groups excluding tert-OH is 2. The number of nitriles is 1. The second-order valence-electron chi connectivity index (χ2n) is 4.10. The van der Waals surface area contributed by atoms with Crippen LogP contribution in [-0.4, -0.2) is 28.8 Å². The lowest BCUT2D eigenvalue weighted by molar-refractivity contribution is -0.119. The number of benzene rings is 1. The summed E-state index contributed by atoms with van der Waals surface area (Å²) in [6.45, 7) is 3.02. The Morgan fingerprint density at radius 2 is 2.17 bits per heavy atom. The summed E-state index contributed by atoms with van der Waals surface area (Å²) in [6.07, 6.45) is -2.35. The maximum Gasteiger partial charge on any atom is 0.216 e. The second-order valence-corrected chi connectivity index (χ2v) is 4.10. The van der Waals surface area contributed by atoms with Gasteiger partial charge in [0.1, 0.15) is 12.2 Å². The van der Waals surface area contributed by atoms with Gasteiger partial charge in [-0.15, -0.1) is 0 Å². The molecule has 0 saturated heterocycles. The molecule has 0 aromatic heterocycles. The van der Waals surface area contributed by atoms with Crippen LogP contribution in [0.25, 0.3) is 0 Å². The van der Waals surface area contributed by atoms with E-state index in [4.69, 9.17) is 5.26 Å². The third-order valence-corrected chi connectivity index (χ3v) is 2.66. The highest BCUT2D eigenvalue weighted by Gasteiger charge is 2.22. The van der Waals surface area contributed by atoms with Gasteiger partial charge in [0, 0.05) is 19.0 Å². The van der Waals surface area contributed by atoms with Crippen LogP contribution < -0.4 is 5.32 Å². The predicted molar refractivity (Wildman–Crippen MR) is 65.5 cm³/mol. The minimum atomic E-state index is -1.20. The van der Waals surface area contributed by atoms with Crippen molar-refractivity contribution < 1.29 is 15.0 Å². The molecule has 0 aliphatic heterocycles. The highest BCUT2D eigenvalue weighted by molar-refractivity contribution is 5.72. The van der Waals surface area contributed by atoms with Crippen molar-refractivity contribution in [3.05, 3.63) is 34.9 Å². The number of nitrogens with one attached hydrogen (secondary N) is 1. The topological polar surface area (TPSA) is 93.3 Å². The molecule has 5 heteroatoms. The maximum atomic E-state index is 10.7. The molecule has 5 nitrogen and oxygen atoms in total. The summed E-state index contributed by atoms with van der Waals surface area (Å²) in [6, 6.07) is 7.03. The number of carbonyl (C=O) groups is 1. The Balaban J connectivity index is 2.93. The maximum absolute atomic E-state index is 10.7. The van der Waals surface area contributed by atoms with E-state index in [1.165, 1.54) is 6.92 Å². The van der Waals surface area contributed by atoms with Gasteiger partial charge >= 0.3 is 0 Å². The van der Waals surface area contributed by atoms with Gasteiger partial charge in [-0.25, -0.2) is 0 Å². The van der Waals surface area contributed by atoms with Crippen molar-refractivity contribution in [1.82, 2.24) is 5.32 Å². The Hall–Kier alpha value is -1.90. The first kappa shape index (κ1) is 14.2.